The summed E-state index contributed by atoms with van der Waals surface area (Å²) in [4.78, 5) is 14.4. The summed E-state index contributed by atoms with van der Waals surface area (Å²) >= 11 is 0. The minimum Gasteiger partial charge on any atom is -0.493 e. The molecule has 2 aromatic rings. The number of benzene rings is 2. The quantitative estimate of drug-likeness (QED) is 0.604. The van der Waals surface area contributed by atoms with E-state index in [0.717, 1.165) is 9.87 Å². The smallest absolute Gasteiger partial charge is 0.243 e. The molecular formula is C21H25N3O5S. The van der Waals surface area contributed by atoms with E-state index in [4.69, 9.17) is 14.7 Å². The van der Waals surface area contributed by atoms with Gasteiger partial charge >= 0.3 is 0 Å². The summed E-state index contributed by atoms with van der Waals surface area (Å²) in [5.41, 5.74) is 1.19. The van der Waals surface area contributed by atoms with Gasteiger partial charge in [0.25, 0.3) is 0 Å². The van der Waals surface area contributed by atoms with Crippen LogP contribution in [0.2, 0.25) is 0 Å². The molecule has 8 nitrogen and oxygen atoms in total. The number of hydrogen-bond donors (Lipinski definition) is 0. The largest absolute Gasteiger partial charge is 0.493 e. The van der Waals surface area contributed by atoms with E-state index < -0.39 is 10.0 Å². The lowest BCUT2D eigenvalue weighted by molar-refractivity contribution is -0.131. The van der Waals surface area contributed by atoms with E-state index in [2.05, 4.69) is 0 Å². The Labute approximate surface area is 177 Å². The molecule has 0 radical (unpaired) electrons. The van der Waals surface area contributed by atoms with Crippen LogP contribution in [0.4, 0.5) is 0 Å². The number of likely N-dealkylation sites (N-methyl/N-ethyl adjacent to an activating group) is 2. The zero-order valence-electron chi connectivity index (χ0n) is 17.5. The molecule has 2 rings (SSSR count). The van der Waals surface area contributed by atoms with Gasteiger partial charge in [-0.05, 0) is 48.9 Å². The highest BCUT2D eigenvalue weighted by molar-refractivity contribution is 7.89. The Bertz CT molecular complexity index is 1030. The normalized spacial score (nSPS) is 11.1. The first-order valence-electron chi connectivity index (χ1n) is 9.22. The van der Waals surface area contributed by atoms with Crippen molar-refractivity contribution in [1.29, 1.82) is 5.26 Å². The molecule has 0 bridgehead atoms. The molecule has 9 heteroatoms. The summed E-state index contributed by atoms with van der Waals surface area (Å²) in [6, 6.07) is 12.9. The molecule has 0 atom stereocenters. The van der Waals surface area contributed by atoms with Crippen LogP contribution in [-0.2, 0) is 21.4 Å². The molecule has 0 aliphatic carbocycles. The second-order valence-electron chi connectivity index (χ2n) is 6.49. The fraction of sp³-hybridized carbons (Fsp3) is 0.333. The Hall–Kier alpha value is -3.09. The van der Waals surface area contributed by atoms with Gasteiger partial charge in [-0.3, -0.25) is 4.79 Å². The van der Waals surface area contributed by atoms with Crippen LogP contribution in [0.15, 0.2) is 47.4 Å². The van der Waals surface area contributed by atoms with Crippen molar-refractivity contribution >= 4 is 15.9 Å². The van der Waals surface area contributed by atoms with Crippen molar-refractivity contribution in [2.24, 2.45) is 0 Å². The summed E-state index contributed by atoms with van der Waals surface area (Å²) < 4.78 is 37.0. The Morgan fingerprint density at radius 3 is 2.23 bits per heavy atom. The van der Waals surface area contributed by atoms with Crippen LogP contribution in [0, 0.1) is 11.3 Å². The number of amides is 1. The van der Waals surface area contributed by atoms with Gasteiger partial charge in [0.1, 0.15) is 0 Å². The number of carbonyl (C=O) groups is 1. The molecule has 0 saturated carbocycles. The first-order valence-corrected chi connectivity index (χ1v) is 10.7. The molecule has 0 aliphatic heterocycles. The monoisotopic (exact) mass is 431 g/mol. The highest BCUT2D eigenvalue weighted by Crippen LogP contribution is 2.28. The van der Waals surface area contributed by atoms with Crippen LogP contribution in [0.5, 0.6) is 11.5 Å². The highest BCUT2D eigenvalue weighted by atomic mass is 32.2. The number of hydrogen-bond acceptors (Lipinski definition) is 6. The molecule has 2 aromatic carbocycles. The van der Waals surface area contributed by atoms with Gasteiger partial charge in [0.2, 0.25) is 15.9 Å². The SMILES string of the molecule is CCN(Cc1ccc(OC)c(OC)c1)C(=O)CN(C)S(=O)(=O)c1ccc(C#N)cc1. The molecular weight excluding hydrogens is 406 g/mol. The lowest BCUT2D eigenvalue weighted by Gasteiger charge is -2.24. The number of methoxy groups -OCH3 is 2. The summed E-state index contributed by atoms with van der Waals surface area (Å²) in [6.07, 6.45) is 0. The van der Waals surface area contributed by atoms with Gasteiger partial charge in [-0.25, -0.2) is 8.42 Å². The fourth-order valence-electron chi connectivity index (χ4n) is 2.83. The number of ether oxygens (including phenoxy) is 2. The first kappa shape index (κ1) is 23.2. The summed E-state index contributed by atoms with van der Waals surface area (Å²) in [5, 5.41) is 8.86. The van der Waals surface area contributed by atoms with Crippen LogP contribution < -0.4 is 9.47 Å². The lowest BCUT2D eigenvalue weighted by atomic mass is 10.2. The second kappa shape index (κ2) is 10.1. The third-order valence-electron chi connectivity index (χ3n) is 4.61. The molecule has 0 unspecified atom stereocenters. The average Bonchev–Trinajstić information content (AvgIpc) is 2.76. The van der Waals surface area contributed by atoms with E-state index >= 15 is 0 Å². The van der Waals surface area contributed by atoms with Gasteiger partial charge in [0, 0.05) is 20.1 Å². The van der Waals surface area contributed by atoms with Crippen molar-refractivity contribution in [3.05, 3.63) is 53.6 Å². The molecule has 0 aromatic heterocycles. The Morgan fingerprint density at radius 1 is 1.07 bits per heavy atom. The number of carbonyl (C=O) groups excluding carboxylic acids is 1. The zero-order chi connectivity index (χ0) is 22.3. The first-order chi connectivity index (χ1) is 14.3. The topological polar surface area (TPSA) is 99.9 Å². The second-order valence-corrected chi connectivity index (χ2v) is 8.54. The highest BCUT2D eigenvalue weighted by Gasteiger charge is 2.25. The Balaban J connectivity index is 2.12. The third-order valence-corrected chi connectivity index (χ3v) is 6.42. The van der Waals surface area contributed by atoms with Crippen molar-refractivity contribution in [3.8, 4) is 17.6 Å². The van der Waals surface area contributed by atoms with E-state index in [9.17, 15) is 13.2 Å². The maximum absolute atomic E-state index is 12.8. The molecule has 0 saturated heterocycles. The van der Waals surface area contributed by atoms with E-state index in [1.165, 1.54) is 38.4 Å². The van der Waals surface area contributed by atoms with Crippen molar-refractivity contribution in [3.63, 3.8) is 0 Å². The van der Waals surface area contributed by atoms with E-state index in [1.807, 2.05) is 19.1 Å². The summed E-state index contributed by atoms with van der Waals surface area (Å²) in [6.45, 7) is 2.25. The molecule has 0 N–H and O–H groups in total. The minimum atomic E-state index is -3.85. The Kier molecular flexibility index (Phi) is 7.80. The van der Waals surface area contributed by atoms with Gasteiger partial charge in [-0.15, -0.1) is 0 Å². The van der Waals surface area contributed by atoms with Crippen LogP contribution in [0.25, 0.3) is 0 Å². The average molecular weight is 432 g/mol. The van der Waals surface area contributed by atoms with Crippen molar-refractivity contribution < 1.29 is 22.7 Å². The predicted molar refractivity (Wildman–Crippen MR) is 112 cm³/mol. The fourth-order valence-corrected chi connectivity index (χ4v) is 3.95. The van der Waals surface area contributed by atoms with Gasteiger partial charge in [-0.2, -0.15) is 9.57 Å². The molecule has 0 fully saturated rings. The van der Waals surface area contributed by atoms with Crippen LogP contribution in [0.1, 0.15) is 18.1 Å². The molecule has 1 amide bonds. The molecule has 0 aliphatic rings. The van der Waals surface area contributed by atoms with Crippen molar-refractivity contribution in [2.45, 2.75) is 18.4 Å². The Morgan fingerprint density at radius 2 is 1.70 bits per heavy atom. The van der Waals surface area contributed by atoms with Crippen molar-refractivity contribution in [2.75, 3.05) is 34.4 Å². The van der Waals surface area contributed by atoms with E-state index in [1.54, 1.807) is 24.1 Å². The number of rotatable bonds is 9. The standard InChI is InChI=1S/C21H25N3O5S/c1-5-24(14-17-8-11-19(28-3)20(12-17)29-4)21(25)15-23(2)30(26,27)18-9-6-16(13-22)7-10-18/h6-12H,5,14-15H2,1-4H3. The number of nitrogens with zero attached hydrogens (tertiary/aromatic N) is 3. The van der Waals surface area contributed by atoms with Crippen molar-refractivity contribution in [1.82, 2.24) is 9.21 Å². The van der Waals surface area contributed by atoms with E-state index in [-0.39, 0.29) is 17.3 Å². The molecule has 0 heterocycles. The van der Waals surface area contributed by atoms with Gasteiger partial charge in [0.05, 0.1) is 37.3 Å². The van der Waals surface area contributed by atoms with Crippen LogP contribution >= 0.6 is 0 Å². The third kappa shape index (κ3) is 5.28. The van der Waals surface area contributed by atoms with Crippen LogP contribution in [0.3, 0.4) is 0 Å². The van der Waals surface area contributed by atoms with E-state index in [0.29, 0.717) is 30.2 Å². The number of nitriles is 1. The minimum absolute atomic E-state index is 0.0275. The molecule has 160 valence electrons. The van der Waals surface area contributed by atoms with Gasteiger partial charge in [0.15, 0.2) is 11.5 Å². The van der Waals surface area contributed by atoms with Gasteiger partial charge in [-0.1, -0.05) is 6.07 Å². The lowest BCUT2D eigenvalue weighted by Crippen LogP contribution is -2.40. The van der Waals surface area contributed by atoms with Gasteiger partial charge < -0.3 is 14.4 Å². The number of sulfonamides is 1. The maximum atomic E-state index is 12.8. The maximum Gasteiger partial charge on any atom is 0.243 e. The summed E-state index contributed by atoms with van der Waals surface area (Å²) in [5.74, 6) is 0.815. The zero-order valence-corrected chi connectivity index (χ0v) is 18.3. The van der Waals surface area contributed by atoms with Crippen LogP contribution in [-0.4, -0.2) is 57.9 Å². The molecule has 30 heavy (non-hydrogen) atoms. The predicted octanol–water partition coefficient (Wildman–Crippen LogP) is 2.24. The summed E-state index contributed by atoms with van der Waals surface area (Å²) in [7, 11) is 0.584. The molecule has 0 spiro atoms.